The van der Waals surface area contributed by atoms with Crippen molar-refractivity contribution in [3.05, 3.63) is 75.7 Å². The molecule has 0 saturated heterocycles. The fourth-order valence-electron chi connectivity index (χ4n) is 3.72. The summed E-state index contributed by atoms with van der Waals surface area (Å²) in [5.74, 6) is -1.96. The minimum Gasteiger partial charge on any atom is -0.478 e. The van der Waals surface area contributed by atoms with E-state index < -0.39 is 17.8 Å². The molecule has 154 valence electrons. The number of halogens is 1. The summed E-state index contributed by atoms with van der Waals surface area (Å²) in [6.45, 7) is 1.81. The van der Waals surface area contributed by atoms with Crippen LogP contribution in [0.4, 0.5) is 10.2 Å². The van der Waals surface area contributed by atoms with Gasteiger partial charge in [-0.25, -0.2) is 19.2 Å². The Morgan fingerprint density at radius 3 is 2.90 bits per heavy atom. The summed E-state index contributed by atoms with van der Waals surface area (Å²) >= 11 is 0. The molecule has 3 aromatic rings. The van der Waals surface area contributed by atoms with E-state index in [4.69, 9.17) is 4.98 Å². The standard InChI is InChI=1S/C22H21FN4O3/c1-13(25-20-17(22(29)30)10-15(23)12-24-20)16-8-5-9-27-19(28)11-18(26-21(16)27)14-6-3-2-4-7-14/h5-6,8-13H,2-4,7H2,1H3,(H,24,25)(H,29,30)/t13-/m1/s1. The highest BCUT2D eigenvalue weighted by atomic mass is 19.1. The summed E-state index contributed by atoms with van der Waals surface area (Å²) in [5, 5.41) is 12.4. The Kier molecular flexibility index (Phi) is 5.31. The van der Waals surface area contributed by atoms with Gasteiger partial charge in [-0.1, -0.05) is 12.1 Å². The molecule has 8 heteroatoms. The highest BCUT2D eigenvalue weighted by molar-refractivity contribution is 5.93. The van der Waals surface area contributed by atoms with E-state index in [1.807, 2.05) is 13.0 Å². The second kappa shape index (κ2) is 8.06. The van der Waals surface area contributed by atoms with Gasteiger partial charge in [-0.2, -0.15) is 0 Å². The first kappa shape index (κ1) is 19.8. The molecule has 30 heavy (non-hydrogen) atoms. The fourth-order valence-corrected chi connectivity index (χ4v) is 3.72. The largest absolute Gasteiger partial charge is 0.478 e. The summed E-state index contributed by atoms with van der Waals surface area (Å²) < 4.78 is 14.9. The van der Waals surface area contributed by atoms with Gasteiger partial charge in [0, 0.05) is 17.8 Å². The number of aromatic nitrogens is 3. The van der Waals surface area contributed by atoms with E-state index in [-0.39, 0.29) is 16.9 Å². The van der Waals surface area contributed by atoms with Crippen LogP contribution in [0.2, 0.25) is 0 Å². The number of aromatic carboxylic acids is 1. The Bertz CT molecular complexity index is 1220. The molecule has 0 fully saturated rings. The van der Waals surface area contributed by atoms with Gasteiger partial charge in [-0.15, -0.1) is 0 Å². The third-order valence-electron chi connectivity index (χ3n) is 5.25. The van der Waals surface area contributed by atoms with E-state index in [9.17, 15) is 19.1 Å². The van der Waals surface area contributed by atoms with Gasteiger partial charge in [0.15, 0.2) is 0 Å². The molecule has 0 bridgehead atoms. The lowest BCUT2D eigenvalue weighted by atomic mass is 9.97. The molecule has 0 aliphatic heterocycles. The predicted octanol–water partition coefficient (Wildman–Crippen LogP) is 4.06. The van der Waals surface area contributed by atoms with Crippen LogP contribution in [-0.2, 0) is 0 Å². The van der Waals surface area contributed by atoms with E-state index in [0.717, 1.165) is 43.5 Å². The highest BCUT2D eigenvalue weighted by Crippen LogP contribution is 2.27. The van der Waals surface area contributed by atoms with E-state index in [1.54, 1.807) is 18.3 Å². The van der Waals surface area contributed by atoms with Crippen molar-refractivity contribution < 1.29 is 14.3 Å². The summed E-state index contributed by atoms with van der Waals surface area (Å²) in [4.78, 5) is 32.8. The van der Waals surface area contributed by atoms with Crippen LogP contribution in [0, 0.1) is 5.82 Å². The Morgan fingerprint density at radius 1 is 1.33 bits per heavy atom. The van der Waals surface area contributed by atoms with Crippen LogP contribution in [0.5, 0.6) is 0 Å². The minimum absolute atomic E-state index is 0.0480. The predicted molar refractivity (Wildman–Crippen MR) is 111 cm³/mol. The van der Waals surface area contributed by atoms with Gasteiger partial charge in [0.2, 0.25) is 0 Å². The van der Waals surface area contributed by atoms with Crippen LogP contribution in [0.3, 0.4) is 0 Å². The molecule has 2 N–H and O–H groups in total. The van der Waals surface area contributed by atoms with Crippen molar-refractivity contribution in [1.82, 2.24) is 14.4 Å². The Morgan fingerprint density at radius 2 is 2.17 bits per heavy atom. The lowest BCUT2D eigenvalue weighted by molar-refractivity contribution is 0.0697. The second-order valence-corrected chi connectivity index (χ2v) is 7.33. The lowest BCUT2D eigenvalue weighted by Gasteiger charge is -2.19. The van der Waals surface area contributed by atoms with Crippen LogP contribution >= 0.6 is 0 Å². The molecule has 1 aliphatic rings. The van der Waals surface area contributed by atoms with Gasteiger partial charge in [-0.05, 0) is 50.3 Å². The normalized spacial score (nSPS) is 14.9. The van der Waals surface area contributed by atoms with Crippen LogP contribution in [0.1, 0.15) is 60.3 Å². The number of hydrogen-bond acceptors (Lipinski definition) is 5. The van der Waals surface area contributed by atoms with Crippen molar-refractivity contribution in [2.24, 2.45) is 0 Å². The molecule has 0 radical (unpaired) electrons. The zero-order valence-electron chi connectivity index (χ0n) is 16.4. The molecule has 1 atom stereocenters. The number of fused-ring (bicyclic) bond motifs is 1. The SMILES string of the molecule is C[C@@H](Nc1ncc(F)cc1C(=O)O)c1cccn2c(=O)cc(C3=CCCCC3)nc12. The van der Waals surface area contributed by atoms with Crippen molar-refractivity contribution >= 4 is 23.0 Å². The number of anilines is 1. The maximum absolute atomic E-state index is 13.4. The molecule has 4 rings (SSSR count). The quantitative estimate of drug-likeness (QED) is 0.661. The first-order chi connectivity index (χ1) is 14.4. The number of allylic oxidation sites excluding steroid dienone is 2. The van der Waals surface area contributed by atoms with Crippen molar-refractivity contribution in [1.29, 1.82) is 0 Å². The molecule has 0 saturated carbocycles. The third-order valence-corrected chi connectivity index (χ3v) is 5.25. The van der Waals surface area contributed by atoms with Crippen molar-refractivity contribution in [2.75, 3.05) is 5.32 Å². The van der Waals surface area contributed by atoms with Gasteiger partial charge in [0.05, 0.1) is 17.9 Å². The summed E-state index contributed by atoms with van der Waals surface area (Å²) in [5.41, 5.74) is 2.50. The van der Waals surface area contributed by atoms with Gasteiger partial charge >= 0.3 is 5.97 Å². The number of carboxylic acids is 1. The molecule has 7 nitrogen and oxygen atoms in total. The topological polar surface area (TPSA) is 96.6 Å². The van der Waals surface area contributed by atoms with Crippen molar-refractivity contribution in [2.45, 2.75) is 38.6 Å². The number of rotatable bonds is 5. The minimum atomic E-state index is -1.28. The second-order valence-electron chi connectivity index (χ2n) is 7.33. The van der Waals surface area contributed by atoms with Crippen molar-refractivity contribution in [3.63, 3.8) is 0 Å². The number of nitrogens with one attached hydrogen (secondary N) is 1. The molecule has 1 aliphatic carbocycles. The average Bonchev–Trinajstić information content (AvgIpc) is 2.75. The van der Waals surface area contributed by atoms with Crippen LogP contribution in [0.25, 0.3) is 11.2 Å². The molecule has 3 aromatic heterocycles. The smallest absolute Gasteiger partial charge is 0.339 e. The fraction of sp³-hybridized carbons (Fsp3) is 0.273. The molecule has 0 amide bonds. The third kappa shape index (κ3) is 3.80. The van der Waals surface area contributed by atoms with Crippen molar-refractivity contribution in [3.8, 4) is 0 Å². The Labute approximate surface area is 171 Å². The molecular formula is C22H21FN4O3. The van der Waals surface area contributed by atoms with Crippen LogP contribution < -0.4 is 10.9 Å². The number of hydrogen-bond donors (Lipinski definition) is 2. The van der Waals surface area contributed by atoms with Crippen LogP contribution in [-0.4, -0.2) is 25.4 Å². The van der Waals surface area contributed by atoms with E-state index in [2.05, 4.69) is 16.4 Å². The van der Waals surface area contributed by atoms with Gasteiger partial charge in [0.1, 0.15) is 22.8 Å². The van der Waals surface area contributed by atoms with E-state index in [0.29, 0.717) is 16.9 Å². The number of carboxylic acid groups (broad SMARTS) is 1. The maximum atomic E-state index is 13.4. The monoisotopic (exact) mass is 408 g/mol. The van der Waals surface area contributed by atoms with Crippen LogP contribution in [0.15, 0.2) is 47.5 Å². The molecule has 0 spiro atoms. The lowest BCUT2D eigenvalue weighted by Crippen LogP contribution is -2.19. The van der Waals surface area contributed by atoms with Gasteiger partial charge < -0.3 is 10.4 Å². The first-order valence-electron chi connectivity index (χ1n) is 9.81. The number of pyridine rings is 2. The van der Waals surface area contributed by atoms with Gasteiger partial charge in [0.25, 0.3) is 5.56 Å². The van der Waals surface area contributed by atoms with Gasteiger partial charge in [-0.3, -0.25) is 9.20 Å². The molecule has 0 aromatic carbocycles. The summed E-state index contributed by atoms with van der Waals surface area (Å²) in [6, 6.07) is 5.60. The number of nitrogens with zero attached hydrogens (tertiary/aromatic N) is 3. The Hall–Kier alpha value is -3.55. The summed E-state index contributed by atoms with van der Waals surface area (Å²) in [6.07, 6.45) is 8.82. The molecular weight excluding hydrogens is 387 g/mol. The van der Waals surface area contributed by atoms with E-state index in [1.165, 1.54) is 4.40 Å². The highest BCUT2D eigenvalue weighted by Gasteiger charge is 2.19. The number of carbonyl (C=O) groups is 1. The zero-order chi connectivity index (χ0) is 21.3. The first-order valence-corrected chi connectivity index (χ1v) is 9.81. The average molecular weight is 408 g/mol. The summed E-state index contributed by atoms with van der Waals surface area (Å²) in [7, 11) is 0. The van der Waals surface area contributed by atoms with E-state index >= 15 is 0 Å². The molecule has 0 unspecified atom stereocenters. The zero-order valence-corrected chi connectivity index (χ0v) is 16.4. The molecule has 3 heterocycles. The Balaban J connectivity index is 1.77. The maximum Gasteiger partial charge on any atom is 0.339 e.